The van der Waals surface area contributed by atoms with E-state index < -0.39 is 0 Å². The predicted molar refractivity (Wildman–Crippen MR) is 130 cm³/mol. The molecule has 1 aliphatic rings. The van der Waals surface area contributed by atoms with Gasteiger partial charge in [0.1, 0.15) is 19.4 Å². The lowest BCUT2D eigenvalue weighted by atomic mass is 10.0. The van der Waals surface area contributed by atoms with E-state index in [4.69, 9.17) is 23.9 Å². The van der Waals surface area contributed by atoms with E-state index in [9.17, 15) is 4.79 Å². The maximum Gasteiger partial charge on any atom is 0.246 e. The molecule has 164 valence electrons. The van der Waals surface area contributed by atoms with Crippen LogP contribution in [0, 0.1) is 0 Å². The Morgan fingerprint density at radius 3 is 2.79 bits per heavy atom. The Labute approximate surface area is 197 Å². The first-order valence-corrected chi connectivity index (χ1v) is 11.1. The van der Waals surface area contributed by atoms with Crippen molar-refractivity contribution in [3.8, 4) is 11.3 Å². The van der Waals surface area contributed by atoms with Gasteiger partial charge in [-0.1, -0.05) is 29.8 Å². The summed E-state index contributed by atoms with van der Waals surface area (Å²) in [7, 11) is 6.11. The molecule has 0 unspecified atom stereocenters. The van der Waals surface area contributed by atoms with Gasteiger partial charge in [0.25, 0.3) is 0 Å². The molecule has 0 saturated carbocycles. The SMILES string of the molecule is [B]c1cnn2c(NC3CCN(C(=O)/C=C/c4ccco4)CC3)cc(-c3ccccc3Cl)nc12. The van der Waals surface area contributed by atoms with Crippen molar-refractivity contribution in [3.63, 3.8) is 0 Å². The first kappa shape index (κ1) is 21.3. The highest BCUT2D eigenvalue weighted by Gasteiger charge is 2.23. The Hall–Kier alpha value is -3.52. The van der Waals surface area contributed by atoms with Crippen molar-refractivity contribution < 1.29 is 9.21 Å². The van der Waals surface area contributed by atoms with E-state index in [1.165, 1.54) is 0 Å². The topological polar surface area (TPSA) is 75.7 Å². The number of benzene rings is 1. The quantitative estimate of drug-likeness (QED) is 0.366. The third kappa shape index (κ3) is 4.52. The van der Waals surface area contributed by atoms with Crippen LogP contribution in [0.3, 0.4) is 0 Å². The largest absolute Gasteiger partial charge is 0.465 e. The normalized spacial score (nSPS) is 14.9. The molecule has 1 aliphatic heterocycles. The minimum Gasteiger partial charge on any atom is -0.465 e. The number of fused-ring (bicyclic) bond motifs is 1. The third-order valence-electron chi connectivity index (χ3n) is 5.74. The van der Waals surface area contributed by atoms with Gasteiger partial charge >= 0.3 is 0 Å². The lowest BCUT2D eigenvalue weighted by Gasteiger charge is -2.32. The van der Waals surface area contributed by atoms with E-state index in [0.717, 1.165) is 29.9 Å². The summed E-state index contributed by atoms with van der Waals surface area (Å²) < 4.78 is 6.95. The molecule has 1 amide bonds. The zero-order valence-corrected chi connectivity index (χ0v) is 18.6. The first-order valence-electron chi connectivity index (χ1n) is 10.7. The van der Waals surface area contributed by atoms with E-state index in [1.54, 1.807) is 35.2 Å². The molecule has 0 atom stereocenters. The van der Waals surface area contributed by atoms with Crippen LogP contribution in [-0.4, -0.2) is 52.4 Å². The van der Waals surface area contributed by atoms with Gasteiger partial charge in [-0.15, -0.1) is 0 Å². The van der Waals surface area contributed by atoms with Crippen LogP contribution in [0.2, 0.25) is 5.02 Å². The van der Waals surface area contributed by atoms with E-state index in [0.29, 0.717) is 35.0 Å². The van der Waals surface area contributed by atoms with Gasteiger partial charge in [0.05, 0.1) is 12.0 Å². The van der Waals surface area contributed by atoms with Crippen molar-refractivity contribution in [2.45, 2.75) is 18.9 Å². The summed E-state index contributed by atoms with van der Waals surface area (Å²) in [6, 6.07) is 13.3. The van der Waals surface area contributed by atoms with Gasteiger partial charge < -0.3 is 14.6 Å². The number of rotatable bonds is 5. The Morgan fingerprint density at radius 1 is 1.21 bits per heavy atom. The van der Waals surface area contributed by atoms with Gasteiger partial charge in [0.2, 0.25) is 5.91 Å². The monoisotopic (exact) mass is 457 g/mol. The van der Waals surface area contributed by atoms with Gasteiger partial charge in [-0.2, -0.15) is 9.61 Å². The van der Waals surface area contributed by atoms with Crippen molar-refractivity contribution in [1.82, 2.24) is 19.5 Å². The van der Waals surface area contributed by atoms with Crippen LogP contribution < -0.4 is 10.8 Å². The van der Waals surface area contributed by atoms with Gasteiger partial charge in [-0.25, -0.2) is 4.98 Å². The Bertz CT molecular complexity index is 1310. The summed E-state index contributed by atoms with van der Waals surface area (Å²) in [4.78, 5) is 19.0. The second kappa shape index (κ2) is 9.15. The van der Waals surface area contributed by atoms with Gasteiger partial charge in [-0.05, 0) is 42.6 Å². The molecule has 4 heterocycles. The Kier molecular flexibility index (Phi) is 5.92. The number of anilines is 1. The average molecular weight is 458 g/mol. The maximum absolute atomic E-state index is 12.5. The fourth-order valence-electron chi connectivity index (χ4n) is 3.99. The summed E-state index contributed by atoms with van der Waals surface area (Å²) in [6.45, 7) is 1.32. The van der Waals surface area contributed by atoms with E-state index in [-0.39, 0.29) is 11.9 Å². The van der Waals surface area contributed by atoms with Gasteiger partial charge in [0.15, 0.2) is 5.65 Å². The molecule has 1 N–H and O–H groups in total. The zero-order valence-electron chi connectivity index (χ0n) is 17.8. The molecule has 5 rings (SSSR count). The van der Waals surface area contributed by atoms with Crippen LogP contribution >= 0.6 is 11.6 Å². The fraction of sp³-hybridized carbons (Fsp3) is 0.208. The number of carbonyl (C=O) groups is 1. The third-order valence-corrected chi connectivity index (χ3v) is 6.07. The van der Waals surface area contributed by atoms with Crippen molar-refractivity contribution in [2.75, 3.05) is 18.4 Å². The maximum atomic E-state index is 12.5. The molecule has 1 saturated heterocycles. The highest BCUT2D eigenvalue weighted by Crippen LogP contribution is 2.29. The number of nitrogens with zero attached hydrogens (tertiary/aromatic N) is 4. The Balaban J connectivity index is 1.32. The lowest BCUT2D eigenvalue weighted by Crippen LogP contribution is -2.42. The van der Waals surface area contributed by atoms with Crippen molar-refractivity contribution >= 4 is 48.4 Å². The van der Waals surface area contributed by atoms with Crippen LogP contribution in [-0.2, 0) is 4.79 Å². The second-order valence-corrected chi connectivity index (χ2v) is 8.34. The highest BCUT2D eigenvalue weighted by molar-refractivity contribution is 6.36. The number of furan rings is 1. The van der Waals surface area contributed by atoms with Crippen molar-refractivity contribution in [1.29, 1.82) is 0 Å². The van der Waals surface area contributed by atoms with Crippen molar-refractivity contribution in [2.24, 2.45) is 0 Å². The molecule has 0 bridgehead atoms. The van der Waals surface area contributed by atoms with E-state index >= 15 is 0 Å². The van der Waals surface area contributed by atoms with Crippen molar-refractivity contribution in [3.05, 3.63) is 71.8 Å². The molecule has 7 nitrogen and oxygen atoms in total. The van der Waals surface area contributed by atoms with Crippen LogP contribution in [0.4, 0.5) is 5.82 Å². The Morgan fingerprint density at radius 2 is 2.03 bits per heavy atom. The fourth-order valence-corrected chi connectivity index (χ4v) is 4.22. The standard InChI is InChI=1S/C24H21BClN5O2/c25-19-15-27-31-22(14-21(29-24(19)31)18-5-1-2-6-20(18)26)28-16-9-11-30(12-10-16)23(32)8-7-17-4-3-13-33-17/h1-8,13-16,28H,9-12H2/b8-7+. The van der Waals surface area contributed by atoms with Gasteiger partial charge in [-0.3, -0.25) is 4.79 Å². The minimum atomic E-state index is -0.0167. The number of nitrogens with one attached hydrogen (secondary N) is 1. The molecule has 9 heteroatoms. The summed E-state index contributed by atoms with van der Waals surface area (Å²) in [5.74, 6) is 1.43. The molecule has 0 aliphatic carbocycles. The van der Waals surface area contributed by atoms with Crippen LogP contribution in [0.5, 0.6) is 0 Å². The average Bonchev–Trinajstić information content (AvgIpc) is 3.48. The number of hydrogen-bond donors (Lipinski definition) is 1. The predicted octanol–water partition coefficient (Wildman–Crippen LogP) is 3.55. The molecule has 4 aromatic rings. The van der Waals surface area contributed by atoms with E-state index in [2.05, 4.69) is 15.4 Å². The smallest absolute Gasteiger partial charge is 0.246 e. The molecular formula is C24H21BClN5O2. The highest BCUT2D eigenvalue weighted by atomic mass is 35.5. The number of likely N-dealkylation sites (tertiary alicyclic amines) is 1. The number of carbonyl (C=O) groups excluding carboxylic acids is 1. The molecule has 2 radical (unpaired) electrons. The summed E-state index contributed by atoms with van der Waals surface area (Å²) in [5, 5.41) is 8.57. The number of hydrogen-bond acceptors (Lipinski definition) is 5. The summed E-state index contributed by atoms with van der Waals surface area (Å²) >= 11 is 6.41. The summed E-state index contributed by atoms with van der Waals surface area (Å²) in [5.41, 5.74) is 2.62. The molecule has 1 fully saturated rings. The minimum absolute atomic E-state index is 0.0167. The molecule has 0 spiro atoms. The first-order chi connectivity index (χ1) is 16.1. The summed E-state index contributed by atoms with van der Waals surface area (Å²) in [6.07, 6.45) is 8.04. The number of amides is 1. The second-order valence-electron chi connectivity index (χ2n) is 7.93. The molecule has 1 aromatic carbocycles. The van der Waals surface area contributed by atoms with Crippen LogP contribution in [0.15, 0.2) is 65.4 Å². The molecular weight excluding hydrogens is 437 g/mol. The lowest BCUT2D eigenvalue weighted by molar-refractivity contribution is -0.126. The van der Waals surface area contributed by atoms with E-state index in [1.807, 2.05) is 41.3 Å². The number of piperidine rings is 1. The van der Waals surface area contributed by atoms with Crippen LogP contribution in [0.1, 0.15) is 18.6 Å². The zero-order chi connectivity index (χ0) is 22.8. The molecule has 33 heavy (non-hydrogen) atoms. The molecule has 3 aromatic heterocycles. The number of halogens is 1. The van der Waals surface area contributed by atoms with Crippen LogP contribution in [0.25, 0.3) is 23.0 Å². The number of aromatic nitrogens is 3. The van der Waals surface area contributed by atoms with Gasteiger partial charge in [0, 0.05) is 48.1 Å².